The standard InChI is InChI=1S/C21H26N6/c1-4-27(5-2)19-11-9-17(10-12-19)26-21-14-20(24-16(3)25-21)23-15-18-8-6-7-13-22-18/h6-14H,4-5,15H2,1-3H3,(H2,23,24,25,26). The van der Waals surface area contributed by atoms with Crippen LogP contribution in [0.15, 0.2) is 54.7 Å². The van der Waals surface area contributed by atoms with Crippen LogP contribution in [0.4, 0.5) is 23.0 Å². The van der Waals surface area contributed by atoms with Gasteiger partial charge in [0.1, 0.15) is 17.5 Å². The Balaban J connectivity index is 1.68. The zero-order valence-corrected chi connectivity index (χ0v) is 16.1. The molecule has 0 saturated heterocycles. The average Bonchev–Trinajstić information content (AvgIpc) is 2.69. The molecule has 0 radical (unpaired) electrons. The summed E-state index contributed by atoms with van der Waals surface area (Å²) in [7, 11) is 0. The van der Waals surface area contributed by atoms with Crippen molar-refractivity contribution in [1.82, 2.24) is 15.0 Å². The number of aromatic nitrogens is 3. The minimum absolute atomic E-state index is 0.620. The van der Waals surface area contributed by atoms with Crippen molar-refractivity contribution in [2.24, 2.45) is 0 Å². The summed E-state index contributed by atoms with van der Waals surface area (Å²) in [5.41, 5.74) is 3.19. The number of nitrogens with zero attached hydrogens (tertiary/aromatic N) is 4. The smallest absolute Gasteiger partial charge is 0.136 e. The summed E-state index contributed by atoms with van der Waals surface area (Å²) in [5.74, 6) is 2.25. The number of anilines is 4. The van der Waals surface area contributed by atoms with Crippen LogP contribution in [0.2, 0.25) is 0 Å². The lowest BCUT2D eigenvalue weighted by atomic mass is 10.2. The van der Waals surface area contributed by atoms with Gasteiger partial charge in [0.25, 0.3) is 0 Å². The van der Waals surface area contributed by atoms with Crippen LogP contribution >= 0.6 is 0 Å². The van der Waals surface area contributed by atoms with Crippen molar-refractivity contribution in [2.45, 2.75) is 27.3 Å². The molecular formula is C21H26N6. The maximum atomic E-state index is 4.49. The van der Waals surface area contributed by atoms with E-state index in [1.807, 2.05) is 31.2 Å². The zero-order valence-electron chi connectivity index (χ0n) is 16.1. The van der Waals surface area contributed by atoms with Crippen LogP contribution < -0.4 is 15.5 Å². The molecule has 1 aromatic carbocycles. The van der Waals surface area contributed by atoms with E-state index in [4.69, 9.17) is 0 Å². The number of hydrogen-bond donors (Lipinski definition) is 2. The third-order valence-corrected chi connectivity index (χ3v) is 4.28. The van der Waals surface area contributed by atoms with Gasteiger partial charge in [-0.3, -0.25) is 4.98 Å². The van der Waals surface area contributed by atoms with E-state index in [2.05, 4.69) is 68.6 Å². The Morgan fingerprint density at radius 1 is 0.926 bits per heavy atom. The van der Waals surface area contributed by atoms with Crippen LogP contribution in [-0.2, 0) is 6.54 Å². The molecule has 6 nitrogen and oxygen atoms in total. The molecule has 0 aliphatic rings. The molecule has 27 heavy (non-hydrogen) atoms. The Morgan fingerprint density at radius 3 is 2.33 bits per heavy atom. The average molecular weight is 362 g/mol. The van der Waals surface area contributed by atoms with Gasteiger partial charge in [-0.15, -0.1) is 0 Å². The fourth-order valence-electron chi connectivity index (χ4n) is 2.90. The molecule has 0 bridgehead atoms. The van der Waals surface area contributed by atoms with Crippen LogP contribution in [0.25, 0.3) is 0 Å². The van der Waals surface area contributed by atoms with Gasteiger partial charge in [-0.2, -0.15) is 0 Å². The SMILES string of the molecule is CCN(CC)c1ccc(Nc2cc(NCc3ccccn3)nc(C)n2)cc1. The first-order valence-corrected chi connectivity index (χ1v) is 9.29. The topological polar surface area (TPSA) is 66.0 Å². The minimum Gasteiger partial charge on any atom is -0.372 e. The fourth-order valence-corrected chi connectivity index (χ4v) is 2.90. The number of pyridine rings is 1. The van der Waals surface area contributed by atoms with Crippen molar-refractivity contribution in [3.63, 3.8) is 0 Å². The molecular weight excluding hydrogens is 336 g/mol. The van der Waals surface area contributed by atoms with Crippen LogP contribution in [0.3, 0.4) is 0 Å². The monoisotopic (exact) mass is 362 g/mol. The second-order valence-electron chi connectivity index (χ2n) is 6.20. The van der Waals surface area contributed by atoms with E-state index in [1.165, 1.54) is 5.69 Å². The van der Waals surface area contributed by atoms with Gasteiger partial charge in [0.05, 0.1) is 12.2 Å². The second-order valence-corrected chi connectivity index (χ2v) is 6.20. The quantitative estimate of drug-likeness (QED) is 0.620. The van der Waals surface area contributed by atoms with Crippen molar-refractivity contribution in [1.29, 1.82) is 0 Å². The number of nitrogens with one attached hydrogen (secondary N) is 2. The third-order valence-electron chi connectivity index (χ3n) is 4.28. The number of hydrogen-bond acceptors (Lipinski definition) is 6. The van der Waals surface area contributed by atoms with Gasteiger partial charge < -0.3 is 15.5 Å². The molecule has 2 N–H and O–H groups in total. The molecule has 0 saturated carbocycles. The number of benzene rings is 1. The lowest BCUT2D eigenvalue weighted by molar-refractivity contribution is 0.866. The van der Waals surface area contributed by atoms with Crippen molar-refractivity contribution in [2.75, 3.05) is 28.6 Å². The predicted molar refractivity (Wildman–Crippen MR) is 112 cm³/mol. The Bertz CT molecular complexity index is 844. The first-order chi connectivity index (χ1) is 13.2. The van der Waals surface area contributed by atoms with Crippen LogP contribution in [0.5, 0.6) is 0 Å². The van der Waals surface area contributed by atoms with Gasteiger partial charge in [-0.1, -0.05) is 6.07 Å². The maximum Gasteiger partial charge on any atom is 0.136 e. The highest BCUT2D eigenvalue weighted by Crippen LogP contribution is 2.21. The molecule has 3 rings (SSSR count). The molecule has 2 aromatic heterocycles. The predicted octanol–water partition coefficient (Wildman–Crippen LogP) is 4.38. The minimum atomic E-state index is 0.620. The Morgan fingerprint density at radius 2 is 1.67 bits per heavy atom. The van der Waals surface area contributed by atoms with Gasteiger partial charge in [-0.25, -0.2) is 9.97 Å². The van der Waals surface area contributed by atoms with Gasteiger partial charge in [-0.05, 0) is 57.2 Å². The van der Waals surface area contributed by atoms with Crippen molar-refractivity contribution in [3.8, 4) is 0 Å². The molecule has 0 fully saturated rings. The van der Waals surface area contributed by atoms with Crippen molar-refractivity contribution < 1.29 is 0 Å². The highest BCUT2D eigenvalue weighted by atomic mass is 15.1. The van der Waals surface area contributed by atoms with Gasteiger partial charge in [0.2, 0.25) is 0 Å². The maximum absolute atomic E-state index is 4.49. The molecule has 0 aliphatic carbocycles. The largest absolute Gasteiger partial charge is 0.372 e. The number of aryl methyl sites for hydroxylation is 1. The summed E-state index contributed by atoms with van der Waals surface area (Å²) in [5, 5.41) is 6.67. The molecule has 140 valence electrons. The first kappa shape index (κ1) is 18.6. The normalized spacial score (nSPS) is 10.5. The van der Waals surface area contributed by atoms with E-state index in [0.717, 1.165) is 36.1 Å². The van der Waals surface area contributed by atoms with Crippen LogP contribution in [-0.4, -0.2) is 28.0 Å². The highest BCUT2D eigenvalue weighted by molar-refractivity contribution is 5.62. The summed E-state index contributed by atoms with van der Waals surface area (Å²) in [6.45, 7) is 8.84. The fraction of sp³-hybridized carbons (Fsp3) is 0.286. The Hall–Kier alpha value is -3.15. The molecule has 6 heteroatoms. The second kappa shape index (κ2) is 8.98. The molecule has 0 amide bonds. The summed E-state index contributed by atoms with van der Waals surface area (Å²) in [6.07, 6.45) is 1.79. The van der Waals surface area contributed by atoms with Gasteiger partial charge in [0.15, 0.2) is 0 Å². The highest BCUT2D eigenvalue weighted by Gasteiger charge is 2.05. The van der Waals surface area contributed by atoms with Gasteiger partial charge in [0, 0.05) is 36.7 Å². The molecule has 0 aliphatic heterocycles. The van der Waals surface area contributed by atoms with Gasteiger partial charge >= 0.3 is 0 Å². The van der Waals surface area contributed by atoms with E-state index in [0.29, 0.717) is 12.4 Å². The Kier molecular flexibility index (Phi) is 6.20. The lowest BCUT2D eigenvalue weighted by Crippen LogP contribution is -2.21. The van der Waals surface area contributed by atoms with E-state index in [-0.39, 0.29) is 0 Å². The van der Waals surface area contributed by atoms with E-state index < -0.39 is 0 Å². The van der Waals surface area contributed by atoms with Crippen molar-refractivity contribution in [3.05, 3.63) is 66.2 Å². The summed E-state index contributed by atoms with van der Waals surface area (Å²) in [4.78, 5) is 15.6. The Labute approximate surface area is 160 Å². The molecule has 3 aromatic rings. The molecule has 0 spiro atoms. The molecule has 0 unspecified atom stereocenters. The summed E-state index contributed by atoms with van der Waals surface area (Å²) >= 11 is 0. The van der Waals surface area contributed by atoms with E-state index in [9.17, 15) is 0 Å². The van der Waals surface area contributed by atoms with Crippen LogP contribution in [0, 0.1) is 6.92 Å². The first-order valence-electron chi connectivity index (χ1n) is 9.29. The van der Waals surface area contributed by atoms with E-state index in [1.54, 1.807) is 6.20 Å². The van der Waals surface area contributed by atoms with Crippen molar-refractivity contribution >= 4 is 23.0 Å². The van der Waals surface area contributed by atoms with Crippen LogP contribution in [0.1, 0.15) is 25.4 Å². The summed E-state index contributed by atoms with van der Waals surface area (Å²) < 4.78 is 0. The lowest BCUT2D eigenvalue weighted by Gasteiger charge is -2.21. The number of rotatable bonds is 8. The van der Waals surface area contributed by atoms with E-state index >= 15 is 0 Å². The molecule has 0 atom stereocenters. The summed E-state index contributed by atoms with van der Waals surface area (Å²) in [6, 6.07) is 16.2. The third kappa shape index (κ3) is 5.17. The molecule has 2 heterocycles. The zero-order chi connectivity index (χ0) is 19.1.